The highest BCUT2D eigenvalue weighted by Crippen LogP contribution is 2.21. The second kappa shape index (κ2) is 9.46. The topological polar surface area (TPSA) is 57.2 Å². The molecule has 1 aliphatic rings. The minimum Gasteiger partial charge on any atom is -0.484 e. The Morgan fingerprint density at radius 3 is 2.62 bits per heavy atom. The summed E-state index contributed by atoms with van der Waals surface area (Å²) in [6.45, 7) is 7.40. The third kappa shape index (κ3) is 5.93. The number of aliphatic imine (C=N–C) groups is 1. The second-order valence-electron chi connectivity index (χ2n) is 7.48. The molecule has 0 spiro atoms. The molecule has 1 aliphatic heterocycles. The lowest BCUT2D eigenvalue weighted by Gasteiger charge is -2.37. The molecule has 1 amide bonds. The average molecular weight is 361 g/mol. The van der Waals surface area contributed by atoms with Gasteiger partial charge < -0.3 is 19.9 Å². The number of hydrogen-bond donors (Lipinski definition) is 1. The van der Waals surface area contributed by atoms with Crippen LogP contribution in [0.1, 0.15) is 25.8 Å². The van der Waals surface area contributed by atoms with Crippen LogP contribution in [0.25, 0.3) is 0 Å². The molecule has 2 rings (SSSR count). The molecule has 0 radical (unpaired) electrons. The Labute approximate surface area is 157 Å². The Hall–Kier alpha value is -2.24. The van der Waals surface area contributed by atoms with Crippen LogP contribution in [-0.4, -0.2) is 62.5 Å². The van der Waals surface area contributed by atoms with Crippen LogP contribution in [0.2, 0.25) is 0 Å². The fourth-order valence-corrected chi connectivity index (χ4v) is 3.37. The summed E-state index contributed by atoms with van der Waals surface area (Å²) in [5, 5.41) is 3.45. The first-order valence-corrected chi connectivity index (χ1v) is 9.26. The molecule has 1 aromatic rings. The van der Waals surface area contributed by atoms with Crippen LogP contribution in [0, 0.1) is 11.8 Å². The maximum atomic E-state index is 11.7. The lowest BCUT2D eigenvalue weighted by atomic mass is 9.92. The van der Waals surface area contributed by atoms with Crippen molar-refractivity contribution >= 4 is 11.9 Å². The summed E-state index contributed by atoms with van der Waals surface area (Å²) in [5.74, 6) is 2.96. The molecule has 0 aromatic heterocycles. The molecule has 1 N–H and O–H groups in total. The van der Waals surface area contributed by atoms with Crippen molar-refractivity contribution in [2.45, 2.75) is 26.8 Å². The summed E-state index contributed by atoms with van der Waals surface area (Å²) in [6.07, 6.45) is 1.28. The Kier molecular flexibility index (Phi) is 7.30. The van der Waals surface area contributed by atoms with E-state index in [-0.39, 0.29) is 12.5 Å². The van der Waals surface area contributed by atoms with Gasteiger partial charge in [-0.3, -0.25) is 9.79 Å². The predicted octanol–water partition coefficient (Wildman–Crippen LogP) is 2.21. The van der Waals surface area contributed by atoms with Crippen LogP contribution < -0.4 is 10.1 Å². The Balaban J connectivity index is 1.91. The number of likely N-dealkylation sites (tertiary alicyclic amines) is 1. The molecule has 1 heterocycles. The molecule has 6 heteroatoms. The van der Waals surface area contributed by atoms with E-state index in [1.807, 2.05) is 31.3 Å². The molecule has 0 saturated carbocycles. The van der Waals surface area contributed by atoms with Crippen molar-refractivity contribution in [2.75, 3.05) is 40.8 Å². The third-order valence-corrected chi connectivity index (χ3v) is 4.59. The van der Waals surface area contributed by atoms with Gasteiger partial charge in [-0.2, -0.15) is 0 Å². The smallest absolute Gasteiger partial charge is 0.259 e. The number of nitrogens with zero attached hydrogens (tertiary/aromatic N) is 3. The van der Waals surface area contributed by atoms with Gasteiger partial charge in [-0.25, -0.2) is 0 Å². The molecule has 0 aliphatic carbocycles. The first-order valence-electron chi connectivity index (χ1n) is 9.26. The number of benzene rings is 1. The predicted molar refractivity (Wildman–Crippen MR) is 105 cm³/mol. The minimum atomic E-state index is -0.0535. The van der Waals surface area contributed by atoms with Gasteiger partial charge in [0.05, 0.1) is 0 Å². The number of guanidine groups is 1. The van der Waals surface area contributed by atoms with Crippen LogP contribution in [-0.2, 0) is 11.3 Å². The maximum absolute atomic E-state index is 11.7. The van der Waals surface area contributed by atoms with Crippen molar-refractivity contribution in [3.63, 3.8) is 0 Å². The van der Waals surface area contributed by atoms with Crippen molar-refractivity contribution in [3.8, 4) is 5.75 Å². The monoisotopic (exact) mass is 360 g/mol. The second-order valence-corrected chi connectivity index (χ2v) is 7.48. The Bertz CT molecular complexity index is 620. The summed E-state index contributed by atoms with van der Waals surface area (Å²) in [4.78, 5) is 20.0. The van der Waals surface area contributed by atoms with Crippen LogP contribution in [0.3, 0.4) is 0 Å². The zero-order valence-electron chi connectivity index (χ0n) is 16.7. The van der Waals surface area contributed by atoms with Crippen molar-refractivity contribution in [1.29, 1.82) is 0 Å². The molecule has 2 unspecified atom stereocenters. The highest BCUT2D eigenvalue weighted by molar-refractivity contribution is 5.80. The van der Waals surface area contributed by atoms with Gasteiger partial charge in [-0.05, 0) is 36.0 Å². The van der Waals surface area contributed by atoms with E-state index in [1.54, 1.807) is 14.1 Å². The van der Waals surface area contributed by atoms with E-state index in [4.69, 9.17) is 4.74 Å². The summed E-state index contributed by atoms with van der Waals surface area (Å²) >= 11 is 0. The highest BCUT2D eigenvalue weighted by Gasteiger charge is 2.23. The molecule has 6 nitrogen and oxygen atoms in total. The van der Waals surface area contributed by atoms with E-state index >= 15 is 0 Å². The van der Waals surface area contributed by atoms with Crippen LogP contribution >= 0.6 is 0 Å². The number of hydrogen-bond acceptors (Lipinski definition) is 3. The number of carbonyl (C=O) groups is 1. The van der Waals surface area contributed by atoms with Crippen molar-refractivity contribution < 1.29 is 9.53 Å². The van der Waals surface area contributed by atoms with Crippen LogP contribution in [0.5, 0.6) is 5.75 Å². The zero-order valence-corrected chi connectivity index (χ0v) is 16.7. The largest absolute Gasteiger partial charge is 0.484 e. The van der Waals surface area contributed by atoms with Crippen LogP contribution in [0.15, 0.2) is 29.3 Å². The number of carbonyl (C=O) groups excluding carboxylic acids is 1. The fourth-order valence-electron chi connectivity index (χ4n) is 3.37. The molecule has 1 aromatic carbocycles. The standard InChI is InChI=1S/C20H32N4O2/c1-15-9-16(2)13-24(12-15)20(21-3)22-11-17-7-6-8-18(10-17)26-14-19(25)23(4)5/h6-8,10,15-16H,9,11-14H2,1-5H3,(H,21,22). The third-order valence-electron chi connectivity index (χ3n) is 4.59. The summed E-state index contributed by atoms with van der Waals surface area (Å²) < 4.78 is 5.59. The van der Waals surface area contributed by atoms with Gasteiger partial charge in [-0.15, -0.1) is 0 Å². The van der Waals surface area contributed by atoms with Gasteiger partial charge in [0.1, 0.15) is 5.75 Å². The van der Waals surface area contributed by atoms with E-state index in [1.165, 1.54) is 11.3 Å². The molecule has 0 bridgehead atoms. The summed E-state index contributed by atoms with van der Waals surface area (Å²) in [5.41, 5.74) is 1.10. The molecule has 26 heavy (non-hydrogen) atoms. The van der Waals surface area contributed by atoms with Crippen LogP contribution in [0.4, 0.5) is 0 Å². The molecule has 144 valence electrons. The highest BCUT2D eigenvalue weighted by atomic mass is 16.5. The van der Waals surface area contributed by atoms with Gasteiger partial charge >= 0.3 is 0 Å². The van der Waals surface area contributed by atoms with Crippen molar-refractivity contribution in [1.82, 2.24) is 15.1 Å². The first kappa shape index (κ1) is 20.1. The van der Waals surface area contributed by atoms with Gasteiger partial charge in [0.15, 0.2) is 12.6 Å². The van der Waals surface area contributed by atoms with E-state index in [9.17, 15) is 4.79 Å². The number of amides is 1. The van der Waals surface area contributed by atoms with E-state index in [0.717, 1.165) is 24.6 Å². The summed E-state index contributed by atoms with van der Waals surface area (Å²) in [7, 11) is 5.28. The zero-order chi connectivity index (χ0) is 19.1. The van der Waals surface area contributed by atoms with E-state index < -0.39 is 0 Å². The molecule has 1 saturated heterocycles. The first-order chi connectivity index (χ1) is 12.4. The van der Waals surface area contributed by atoms with E-state index in [2.05, 4.69) is 29.1 Å². The van der Waals surface area contributed by atoms with Crippen molar-refractivity contribution in [3.05, 3.63) is 29.8 Å². The molecular weight excluding hydrogens is 328 g/mol. The quantitative estimate of drug-likeness (QED) is 0.646. The lowest BCUT2D eigenvalue weighted by molar-refractivity contribution is -0.130. The SMILES string of the molecule is CN=C(NCc1cccc(OCC(=O)N(C)C)c1)N1CC(C)CC(C)C1. The Morgan fingerprint density at radius 2 is 2.00 bits per heavy atom. The lowest BCUT2D eigenvalue weighted by Crippen LogP contribution is -2.48. The van der Waals surface area contributed by atoms with Gasteiger partial charge in [-0.1, -0.05) is 26.0 Å². The van der Waals surface area contributed by atoms with Crippen molar-refractivity contribution in [2.24, 2.45) is 16.8 Å². The number of rotatable bonds is 5. The minimum absolute atomic E-state index is 0.0507. The normalized spacial score (nSPS) is 20.7. The van der Waals surface area contributed by atoms with Gasteiger partial charge in [0.25, 0.3) is 5.91 Å². The molecular formula is C20H32N4O2. The number of nitrogens with one attached hydrogen (secondary N) is 1. The summed E-state index contributed by atoms with van der Waals surface area (Å²) in [6, 6.07) is 7.82. The van der Waals surface area contributed by atoms with Gasteiger partial charge in [0.2, 0.25) is 0 Å². The molecule has 1 fully saturated rings. The number of piperidine rings is 1. The average Bonchev–Trinajstić information content (AvgIpc) is 2.59. The molecule has 2 atom stereocenters. The number of likely N-dealkylation sites (N-methyl/N-ethyl adjacent to an activating group) is 1. The maximum Gasteiger partial charge on any atom is 0.259 e. The van der Waals surface area contributed by atoms with Gasteiger partial charge in [0, 0.05) is 40.8 Å². The fraction of sp³-hybridized carbons (Fsp3) is 0.600. The number of ether oxygens (including phenoxy) is 1. The van der Waals surface area contributed by atoms with E-state index in [0.29, 0.717) is 24.1 Å². The Morgan fingerprint density at radius 1 is 1.31 bits per heavy atom.